The number of methoxy groups -OCH3 is 1. The molecule has 1 aliphatic heterocycles. The topological polar surface area (TPSA) is 82.1 Å². The molecule has 0 aromatic carbocycles. The van der Waals surface area contributed by atoms with E-state index in [9.17, 15) is 9.59 Å². The number of hydrogen-bond acceptors (Lipinski definition) is 4. The third-order valence-corrected chi connectivity index (χ3v) is 4.91. The molecule has 0 aromatic heterocycles. The van der Waals surface area contributed by atoms with Crippen molar-refractivity contribution in [2.75, 3.05) is 39.9 Å². The largest absolute Gasteiger partial charge is 0.480 e. The van der Waals surface area contributed by atoms with E-state index in [1.54, 1.807) is 7.11 Å². The molecule has 7 heteroatoms. The summed E-state index contributed by atoms with van der Waals surface area (Å²) in [5.41, 5.74) is 0. The number of rotatable bonds is 7. The number of nitrogens with one attached hydrogen (secondary N) is 1. The lowest BCUT2D eigenvalue weighted by Gasteiger charge is -2.43. The van der Waals surface area contributed by atoms with Crippen LogP contribution < -0.4 is 5.32 Å². The lowest BCUT2D eigenvalue weighted by atomic mass is 9.85. The Hall–Kier alpha value is -1.34. The Morgan fingerprint density at radius 2 is 2.13 bits per heavy atom. The number of piperidine rings is 1. The van der Waals surface area contributed by atoms with Crippen molar-refractivity contribution in [1.82, 2.24) is 15.1 Å². The number of ether oxygens (including phenoxy) is 1. The lowest BCUT2D eigenvalue weighted by molar-refractivity contribution is -0.139. The molecule has 1 saturated carbocycles. The van der Waals surface area contributed by atoms with Gasteiger partial charge in [-0.25, -0.2) is 4.79 Å². The van der Waals surface area contributed by atoms with Gasteiger partial charge in [-0.15, -0.1) is 0 Å². The standard InChI is InChI=1S/C16H29N3O4/c1-3-18(10-15(20)21)14-7-13(8-14)17-16(22)19-6-4-5-12(9-19)11-23-2/h12-14H,3-11H2,1-2H3,(H,17,22)(H,20,21). The molecule has 2 fully saturated rings. The van der Waals surface area contributed by atoms with Crippen LogP contribution >= 0.6 is 0 Å². The number of likely N-dealkylation sites (N-methyl/N-ethyl adjacent to an activating group) is 1. The van der Waals surface area contributed by atoms with E-state index in [2.05, 4.69) is 5.32 Å². The van der Waals surface area contributed by atoms with E-state index in [0.717, 1.165) is 45.3 Å². The van der Waals surface area contributed by atoms with Crippen LogP contribution in [-0.4, -0.2) is 78.9 Å². The second kappa shape index (κ2) is 8.49. The maximum absolute atomic E-state index is 12.3. The van der Waals surface area contributed by atoms with Gasteiger partial charge in [0.2, 0.25) is 0 Å². The molecule has 132 valence electrons. The van der Waals surface area contributed by atoms with Gasteiger partial charge in [-0.05, 0) is 32.2 Å². The molecule has 1 unspecified atom stereocenters. The van der Waals surface area contributed by atoms with Crippen LogP contribution in [0.2, 0.25) is 0 Å². The average Bonchev–Trinajstić information content (AvgIpc) is 2.48. The van der Waals surface area contributed by atoms with Gasteiger partial charge >= 0.3 is 12.0 Å². The molecule has 2 aliphatic rings. The smallest absolute Gasteiger partial charge is 0.317 e. The highest BCUT2D eigenvalue weighted by Crippen LogP contribution is 2.26. The molecule has 0 aromatic rings. The van der Waals surface area contributed by atoms with Gasteiger partial charge in [0.05, 0.1) is 13.2 Å². The third-order valence-electron chi connectivity index (χ3n) is 4.91. The molecule has 23 heavy (non-hydrogen) atoms. The minimum Gasteiger partial charge on any atom is -0.480 e. The van der Waals surface area contributed by atoms with E-state index in [1.807, 2.05) is 16.7 Å². The van der Waals surface area contributed by atoms with Crippen LogP contribution in [0.15, 0.2) is 0 Å². The summed E-state index contributed by atoms with van der Waals surface area (Å²) < 4.78 is 5.20. The van der Waals surface area contributed by atoms with Crippen molar-refractivity contribution in [3.63, 3.8) is 0 Å². The summed E-state index contributed by atoms with van der Waals surface area (Å²) >= 11 is 0. The first-order valence-corrected chi connectivity index (χ1v) is 8.53. The summed E-state index contributed by atoms with van der Waals surface area (Å²) in [4.78, 5) is 27.0. The molecule has 7 nitrogen and oxygen atoms in total. The van der Waals surface area contributed by atoms with Crippen LogP contribution in [0.1, 0.15) is 32.6 Å². The second-order valence-corrected chi connectivity index (χ2v) is 6.64. The zero-order chi connectivity index (χ0) is 16.8. The number of aliphatic carboxylic acids is 1. The highest BCUT2D eigenvalue weighted by molar-refractivity contribution is 5.74. The Bertz CT molecular complexity index is 410. The van der Waals surface area contributed by atoms with Gasteiger partial charge in [0, 0.05) is 38.2 Å². The summed E-state index contributed by atoms with van der Waals surface area (Å²) in [6, 6.07) is 0.442. The summed E-state index contributed by atoms with van der Waals surface area (Å²) in [5.74, 6) is -0.364. The first kappa shape index (κ1) is 18.0. The van der Waals surface area contributed by atoms with E-state index in [0.29, 0.717) is 12.5 Å². The summed E-state index contributed by atoms with van der Waals surface area (Å²) in [5, 5.41) is 12.0. The maximum atomic E-state index is 12.3. The molecule has 2 amide bonds. The Morgan fingerprint density at radius 1 is 1.39 bits per heavy atom. The number of carbonyl (C=O) groups excluding carboxylic acids is 1. The van der Waals surface area contributed by atoms with Crippen LogP contribution in [0.25, 0.3) is 0 Å². The van der Waals surface area contributed by atoms with Gasteiger partial charge in [0.25, 0.3) is 0 Å². The van der Waals surface area contributed by atoms with Crippen LogP contribution in [0, 0.1) is 5.92 Å². The van der Waals surface area contributed by atoms with E-state index >= 15 is 0 Å². The van der Waals surface area contributed by atoms with E-state index in [1.165, 1.54) is 0 Å². The minimum absolute atomic E-state index is 0.00976. The Morgan fingerprint density at radius 3 is 2.74 bits per heavy atom. The fourth-order valence-electron chi connectivity index (χ4n) is 3.56. The lowest BCUT2D eigenvalue weighted by Crippen LogP contribution is -2.57. The van der Waals surface area contributed by atoms with Crippen LogP contribution in [-0.2, 0) is 9.53 Å². The zero-order valence-electron chi connectivity index (χ0n) is 14.2. The summed E-state index contributed by atoms with van der Waals surface area (Å²) in [6.45, 7) is 5.04. The number of carboxylic acids is 1. The molecule has 1 atom stereocenters. The quantitative estimate of drug-likeness (QED) is 0.729. The number of carboxylic acid groups (broad SMARTS) is 1. The molecular weight excluding hydrogens is 298 g/mol. The van der Waals surface area contributed by atoms with E-state index < -0.39 is 5.97 Å². The molecule has 0 spiro atoms. The molecular formula is C16H29N3O4. The number of likely N-dealkylation sites (tertiary alicyclic amines) is 1. The highest BCUT2D eigenvalue weighted by Gasteiger charge is 2.35. The van der Waals surface area contributed by atoms with Gasteiger partial charge in [-0.2, -0.15) is 0 Å². The van der Waals surface area contributed by atoms with Crippen molar-refractivity contribution in [1.29, 1.82) is 0 Å². The Balaban J connectivity index is 1.72. The molecule has 2 rings (SSSR count). The predicted octanol–water partition coefficient (Wildman–Crippen LogP) is 0.992. The van der Waals surface area contributed by atoms with Crippen LogP contribution in [0.5, 0.6) is 0 Å². The normalized spacial score (nSPS) is 27.6. The molecule has 1 heterocycles. The average molecular weight is 327 g/mol. The van der Waals surface area contributed by atoms with Crippen LogP contribution in [0.4, 0.5) is 4.79 Å². The number of nitrogens with zero attached hydrogens (tertiary/aromatic N) is 2. The molecule has 0 radical (unpaired) electrons. The van der Waals surface area contributed by atoms with E-state index in [4.69, 9.17) is 9.84 Å². The first-order chi connectivity index (χ1) is 11.0. The summed E-state index contributed by atoms with van der Waals surface area (Å²) in [7, 11) is 1.70. The molecule has 0 bridgehead atoms. The number of amides is 2. The van der Waals surface area contributed by atoms with Crippen molar-refractivity contribution in [3.05, 3.63) is 0 Å². The van der Waals surface area contributed by atoms with E-state index in [-0.39, 0.29) is 24.7 Å². The van der Waals surface area contributed by atoms with Crippen molar-refractivity contribution in [3.8, 4) is 0 Å². The van der Waals surface area contributed by atoms with Crippen molar-refractivity contribution in [2.45, 2.75) is 44.7 Å². The monoisotopic (exact) mass is 327 g/mol. The second-order valence-electron chi connectivity index (χ2n) is 6.64. The van der Waals surface area contributed by atoms with Gasteiger partial charge in [0.1, 0.15) is 0 Å². The maximum Gasteiger partial charge on any atom is 0.317 e. The summed E-state index contributed by atoms with van der Waals surface area (Å²) in [6.07, 6.45) is 3.81. The Kier molecular flexibility index (Phi) is 6.65. The molecule has 2 N–H and O–H groups in total. The SMILES string of the molecule is CCN(CC(=O)O)C1CC(NC(=O)N2CCCC(COC)C2)C1. The Labute approximate surface area is 138 Å². The fraction of sp³-hybridized carbons (Fsp3) is 0.875. The van der Waals surface area contributed by atoms with Crippen molar-refractivity contribution >= 4 is 12.0 Å². The predicted molar refractivity (Wildman–Crippen MR) is 86.4 cm³/mol. The minimum atomic E-state index is -0.795. The zero-order valence-corrected chi connectivity index (χ0v) is 14.2. The van der Waals surface area contributed by atoms with Gasteiger partial charge < -0.3 is 20.1 Å². The van der Waals surface area contributed by atoms with Gasteiger partial charge in [0.15, 0.2) is 0 Å². The van der Waals surface area contributed by atoms with Crippen LogP contribution in [0.3, 0.4) is 0 Å². The van der Waals surface area contributed by atoms with Gasteiger partial charge in [-0.1, -0.05) is 6.92 Å². The van der Waals surface area contributed by atoms with Gasteiger partial charge in [-0.3, -0.25) is 9.69 Å². The molecule has 1 aliphatic carbocycles. The van der Waals surface area contributed by atoms with Crippen molar-refractivity contribution < 1.29 is 19.4 Å². The number of hydrogen-bond donors (Lipinski definition) is 2. The first-order valence-electron chi connectivity index (χ1n) is 8.53. The highest BCUT2D eigenvalue weighted by atomic mass is 16.5. The third kappa shape index (κ3) is 5.07. The molecule has 1 saturated heterocycles. The number of urea groups is 1. The number of carbonyl (C=O) groups is 2. The van der Waals surface area contributed by atoms with Crippen molar-refractivity contribution in [2.24, 2.45) is 5.92 Å². The fourth-order valence-corrected chi connectivity index (χ4v) is 3.56.